The van der Waals surface area contributed by atoms with Crippen LogP contribution in [0.15, 0.2) is 183 Å². The first-order valence-electron chi connectivity index (χ1n) is 34.1. The standard InChI is InChI=1S/C17H22N.4C16H20N/c1-5-14-11-17(18(4)12-15(14)6-2)16-10-8-7-9-13(16)3;1-5-14-10-16(17(4)11-13(14)3)15-9-7-6-8-12(15)2;3*1-5-14-11-17(4)16(10-13(14)3)15-9-7-6-8-12(15)2/h7-12H,5-6H2,1-4H3;4*6-11H,5H2,1-4H3/q5*+1/i;3D3,5D2;5D2;;. The molecule has 0 aliphatic heterocycles. The Kier molecular flexibility index (Phi) is 21.1. The van der Waals surface area contributed by atoms with Crippen LogP contribution in [0.2, 0.25) is 0 Å². The summed E-state index contributed by atoms with van der Waals surface area (Å²) in [6.45, 7) is 26.4. The predicted octanol–water partition coefficient (Wildman–Crippen LogP) is 17.0. The van der Waals surface area contributed by atoms with Crippen LogP contribution < -0.4 is 22.8 Å². The van der Waals surface area contributed by atoms with Crippen LogP contribution in [0.3, 0.4) is 0 Å². The molecule has 5 aromatic heterocycles. The highest BCUT2D eigenvalue weighted by atomic mass is 14.9. The maximum Gasteiger partial charge on any atom is 0.212 e. The summed E-state index contributed by atoms with van der Waals surface area (Å²) in [5.41, 5.74) is 28.7. The molecule has 446 valence electrons. The van der Waals surface area contributed by atoms with E-state index in [2.05, 4.69) is 232 Å². The van der Waals surface area contributed by atoms with Gasteiger partial charge in [-0.1, -0.05) is 133 Å². The fourth-order valence-corrected chi connectivity index (χ4v) is 11.3. The van der Waals surface area contributed by atoms with Gasteiger partial charge in [-0.2, -0.15) is 0 Å². The molecule has 0 radical (unpaired) electrons. The van der Waals surface area contributed by atoms with Crippen LogP contribution in [0.5, 0.6) is 0 Å². The Morgan fingerprint density at radius 3 is 0.791 bits per heavy atom. The molecule has 5 nitrogen and oxygen atoms in total. The second kappa shape index (κ2) is 31.8. The lowest BCUT2D eigenvalue weighted by Crippen LogP contribution is -2.32. The van der Waals surface area contributed by atoms with E-state index in [1.807, 2.05) is 68.1 Å². The first-order chi connectivity index (χ1) is 43.7. The summed E-state index contributed by atoms with van der Waals surface area (Å²) in [6, 6.07) is 52.4. The molecule has 0 aliphatic rings. The fourth-order valence-electron chi connectivity index (χ4n) is 11.3. The molecule has 0 saturated heterocycles. The molecule has 0 N–H and O–H groups in total. The zero-order valence-corrected chi connectivity index (χ0v) is 55.4. The number of hydrogen-bond acceptors (Lipinski definition) is 0. The molecule has 0 bridgehead atoms. The van der Waals surface area contributed by atoms with Crippen LogP contribution in [0.1, 0.15) is 135 Å². The number of rotatable bonds is 11. The molecule has 0 amide bonds. The van der Waals surface area contributed by atoms with Crippen LogP contribution >= 0.6 is 0 Å². The summed E-state index contributed by atoms with van der Waals surface area (Å²) in [7, 11) is 10.1. The molecule has 0 unspecified atom stereocenters. The highest BCUT2D eigenvalue weighted by Crippen LogP contribution is 2.27. The topological polar surface area (TPSA) is 19.4 Å². The molecule has 0 aliphatic carbocycles. The van der Waals surface area contributed by atoms with Crippen molar-refractivity contribution in [1.82, 2.24) is 0 Å². The lowest BCUT2D eigenvalue weighted by Gasteiger charge is -2.09. The monoisotopic (exact) mass is 1150 g/mol. The summed E-state index contributed by atoms with van der Waals surface area (Å²) in [6.07, 6.45) is 11.5. The molecular weight excluding hydrogens is 1040 g/mol. The van der Waals surface area contributed by atoms with E-state index in [0.29, 0.717) is 0 Å². The van der Waals surface area contributed by atoms with Crippen molar-refractivity contribution in [3.63, 3.8) is 0 Å². The third kappa shape index (κ3) is 16.8. The second-order valence-electron chi connectivity index (χ2n) is 22.7. The molecule has 5 aromatic carbocycles. The van der Waals surface area contributed by atoms with Crippen LogP contribution in [-0.2, 0) is 73.7 Å². The minimum Gasteiger partial charge on any atom is -0.201 e. The first kappa shape index (κ1) is 57.0. The van der Waals surface area contributed by atoms with Gasteiger partial charge >= 0.3 is 0 Å². The van der Waals surface area contributed by atoms with Crippen LogP contribution in [0.4, 0.5) is 0 Å². The molecule has 5 heteroatoms. The van der Waals surface area contributed by atoms with Gasteiger partial charge in [0.25, 0.3) is 0 Å². The number of aromatic nitrogens is 5. The number of nitrogens with zero attached hydrogens (tertiary/aromatic N) is 5. The predicted molar refractivity (Wildman–Crippen MR) is 364 cm³/mol. The van der Waals surface area contributed by atoms with Crippen molar-refractivity contribution in [3.05, 3.63) is 266 Å². The highest BCUT2D eigenvalue weighted by Gasteiger charge is 2.19. The van der Waals surface area contributed by atoms with Gasteiger partial charge in [0.2, 0.25) is 28.5 Å². The van der Waals surface area contributed by atoms with Crippen LogP contribution in [0.25, 0.3) is 56.3 Å². The summed E-state index contributed by atoms with van der Waals surface area (Å²) in [4.78, 5) is 0. The van der Waals surface area contributed by atoms with E-state index >= 15 is 0 Å². The van der Waals surface area contributed by atoms with Crippen molar-refractivity contribution in [2.45, 2.75) is 142 Å². The van der Waals surface area contributed by atoms with Crippen molar-refractivity contribution in [2.75, 3.05) is 0 Å². The molecule has 86 heavy (non-hydrogen) atoms. The van der Waals surface area contributed by atoms with Gasteiger partial charge in [-0.25, -0.2) is 22.8 Å². The Hall–Kier alpha value is -8.15. The van der Waals surface area contributed by atoms with Gasteiger partial charge in [0.15, 0.2) is 31.0 Å². The Morgan fingerprint density at radius 2 is 0.512 bits per heavy atom. The zero-order valence-electron chi connectivity index (χ0n) is 62.4. The normalized spacial score (nSPS) is 12.3. The average molecular weight is 1150 g/mol. The second-order valence-corrected chi connectivity index (χ2v) is 22.7. The van der Waals surface area contributed by atoms with Crippen LogP contribution in [0, 0.1) is 62.2 Å². The Bertz CT molecular complexity index is 4110. The van der Waals surface area contributed by atoms with Crippen molar-refractivity contribution < 1.29 is 32.4 Å². The van der Waals surface area contributed by atoms with Crippen molar-refractivity contribution in [3.8, 4) is 56.3 Å². The van der Waals surface area contributed by atoms with Gasteiger partial charge in [0.1, 0.15) is 35.2 Å². The average Bonchev–Trinajstić information content (AvgIpc) is 0.786. The summed E-state index contributed by atoms with van der Waals surface area (Å²) < 4.78 is 65.2. The van der Waals surface area contributed by atoms with E-state index in [9.17, 15) is 0 Å². The van der Waals surface area contributed by atoms with E-state index in [-0.39, 0.29) is 11.1 Å². The summed E-state index contributed by atoms with van der Waals surface area (Å²) >= 11 is 0. The maximum absolute atomic E-state index is 7.98. The number of benzene rings is 5. The summed E-state index contributed by atoms with van der Waals surface area (Å²) in [5.74, 6) is 0. The lowest BCUT2D eigenvalue weighted by molar-refractivity contribution is -0.661. The van der Waals surface area contributed by atoms with E-state index in [1.165, 1.54) is 108 Å². The van der Waals surface area contributed by atoms with Gasteiger partial charge in [0.05, 0.1) is 0 Å². The highest BCUT2D eigenvalue weighted by molar-refractivity contribution is 5.65. The fraction of sp³-hybridized carbons (Fsp3) is 0.321. The first-order valence-corrected chi connectivity index (χ1v) is 30.6. The number of aryl methyl sites for hydroxylation is 20. The van der Waals surface area contributed by atoms with Gasteiger partial charge < -0.3 is 0 Å². The minimum atomic E-state index is -2.35. The van der Waals surface area contributed by atoms with E-state index < -0.39 is 19.6 Å². The Morgan fingerprint density at radius 1 is 0.267 bits per heavy atom. The smallest absolute Gasteiger partial charge is 0.201 e. The molecule has 5 heterocycles. The molecule has 0 atom stereocenters. The van der Waals surface area contributed by atoms with Crippen molar-refractivity contribution in [2.24, 2.45) is 35.2 Å². The molecule has 10 rings (SSSR count). The van der Waals surface area contributed by atoms with E-state index in [4.69, 9.17) is 9.60 Å². The molecule has 10 aromatic rings. The number of pyridine rings is 5. The minimum absolute atomic E-state index is 0.0554. The molecule has 0 saturated carbocycles. The molecular formula is C81H102N5+5. The van der Waals surface area contributed by atoms with Crippen molar-refractivity contribution >= 4 is 0 Å². The zero-order chi connectivity index (χ0) is 68.9. The third-order valence-corrected chi connectivity index (χ3v) is 16.6. The van der Waals surface area contributed by atoms with Crippen molar-refractivity contribution in [1.29, 1.82) is 0 Å². The number of hydrogen-bond donors (Lipinski definition) is 0. The van der Waals surface area contributed by atoms with Gasteiger partial charge in [0, 0.05) is 95.6 Å². The lowest BCUT2D eigenvalue weighted by atomic mass is 9.99. The quantitative estimate of drug-likeness (QED) is 0.115. The SMILES string of the molecule is CCc1c[n+](C)c(-c2ccccc2C)cc1C.CCc1c[n+](C)c(-c2ccccc2C)cc1C.CCc1cc(-c2ccccc2C)[n+](C)cc1CC.[2H]C([2H])(C)c1c[n+](C)c(-c2ccccc2C)cc1C.[2H]C([2H])([2H])c1c[n+](C)c(-c2ccccc2C)cc1C([2H])([2H])C. The largest absolute Gasteiger partial charge is 0.212 e. The Labute approximate surface area is 529 Å². The third-order valence-electron chi connectivity index (χ3n) is 16.6. The molecule has 0 fully saturated rings. The van der Waals surface area contributed by atoms with Gasteiger partial charge in [-0.3, -0.25) is 0 Å². The van der Waals surface area contributed by atoms with Gasteiger partial charge in [-0.15, -0.1) is 0 Å². The Balaban J connectivity index is 0.000000185. The maximum atomic E-state index is 7.98. The van der Waals surface area contributed by atoms with Gasteiger partial charge in [-0.05, 0) is 187 Å². The molecule has 0 spiro atoms. The van der Waals surface area contributed by atoms with Crippen LogP contribution in [-0.4, -0.2) is 0 Å². The van der Waals surface area contributed by atoms with E-state index in [1.54, 1.807) is 24.6 Å². The van der Waals surface area contributed by atoms with E-state index in [0.717, 1.165) is 59.3 Å². The summed E-state index contributed by atoms with van der Waals surface area (Å²) in [5, 5.41) is 0.